The van der Waals surface area contributed by atoms with E-state index in [2.05, 4.69) is 0 Å². The van der Waals surface area contributed by atoms with Gasteiger partial charge in [0, 0.05) is 20.7 Å². The Morgan fingerprint density at radius 2 is 2.00 bits per heavy atom. The highest BCUT2D eigenvalue weighted by molar-refractivity contribution is 5.80. The number of nitrogens with zero attached hydrogens (tertiary/aromatic N) is 1. The number of benzene rings is 1. The Morgan fingerprint density at radius 3 is 2.55 bits per heavy atom. The molecule has 0 fully saturated rings. The number of likely N-dealkylation sites (N-methyl/N-ethyl adjacent to an activating group) is 1. The van der Waals surface area contributed by atoms with Gasteiger partial charge in [-0.25, -0.2) is 4.39 Å². The standard InChI is InChI=1S/C14H20FNO4/c1-10(20-13-6-4-11(15)5-7-13)14(18)16(2)8-12(17)9-19-3/h4-7,10,12,17H,8-9H2,1-3H3. The molecule has 0 aliphatic rings. The molecule has 2 atom stereocenters. The lowest BCUT2D eigenvalue weighted by atomic mass is 10.3. The summed E-state index contributed by atoms with van der Waals surface area (Å²) in [5.41, 5.74) is 0. The monoisotopic (exact) mass is 285 g/mol. The van der Waals surface area contributed by atoms with Crippen LogP contribution in [-0.4, -0.2) is 55.4 Å². The number of aliphatic hydroxyl groups is 1. The Hall–Kier alpha value is -1.66. The van der Waals surface area contributed by atoms with Crippen molar-refractivity contribution in [3.8, 4) is 5.75 Å². The first-order valence-corrected chi connectivity index (χ1v) is 6.28. The molecular formula is C14H20FNO4. The minimum atomic E-state index is -0.744. The maximum atomic E-state index is 12.8. The van der Waals surface area contributed by atoms with E-state index in [1.54, 1.807) is 14.0 Å². The Morgan fingerprint density at radius 1 is 1.40 bits per heavy atom. The molecule has 0 saturated carbocycles. The van der Waals surface area contributed by atoms with Gasteiger partial charge in [0.25, 0.3) is 5.91 Å². The number of ether oxygens (including phenoxy) is 2. The van der Waals surface area contributed by atoms with E-state index in [9.17, 15) is 14.3 Å². The lowest BCUT2D eigenvalue weighted by Crippen LogP contribution is -2.42. The van der Waals surface area contributed by atoms with Gasteiger partial charge in [0.15, 0.2) is 6.10 Å². The van der Waals surface area contributed by atoms with Crippen molar-refractivity contribution < 1.29 is 23.8 Å². The zero-order chi connectivity index (χ0) is 15.1. The number of halogens is 1. The average Bonchev–Trinajstić information content (AvgIpc) is 2.40. The molecule has 1 aromatic rings. The van der Waals surface area contributed by atoms with Crippen LogP contribution in [0.2, 0.25) is 0 Å². The van der Waals surface area contributed by atoms with E-state index in [1.807, 2.05) is 0 Å². The number of rotatable bonds is 7. The first kappa shape index (κ1) is 16.4. The van der Waals surface area contributed by atoms with Crippen LogP contribution < -0.4 is 4.74 Å². The number of hydrogen-bond acceptors (Lipinski definition) is 4. The van der Waals surface area contributed by atoms with E-state index >= 15 is 0 Å². The van der Waals surface area contributed by atoms with Crippen LogP contribution in [-0.2, 0) is 9.53 Å². The number of aliphatic hydroxyl groups excluding tert-OH is 1. The summed E-state index contributed by atoms with van der Waals surface area (Å²) in [6.45, 7) is 1.92. The highest BCUT2D eigenvalue weighted by atomic mass is 19.1. The molecular weight excluding hydrogens is 265 g/mol. The summed E-state index contributed by atoms with van der Waals surface area (Å²) < 4.78 is 23.0. The van der Waals surface area contributed by atoms with Gasteiger partial charge in [-0.1, -0.05) is 0 Å². The summed E-state index contributed by atoms with van der Waals surface area (Å²) in [4.78, 5) is 13.4. The van der Waals surface area contributed by atoms with Crippen LogP contribution >= 0.6 is 0 Å². The van der Waals surface area contributed by atoms with Crippen LogP contribution in [0.4, 0.5) is 4.39 Å². The van der Waals surface area contributed by atoms with Crippen LogP contribution in [0.3, 0.4) is 0 Å². The normalized spacial score (nSPS) is 13.7. The van der Waals surface area contributed by atoms with Gasteiger partial charge in [-0.3, -0.25) is 4.79 Å². The molecule has 112 valence electrons. The smallest absolute Gasteiger partial charge is 0.263 e. The molecule has 5 nitrogen and oxygen atoms in total. The first-order valence-electron chi connectivity index (χ1n) is 6.28. The third-order valence-electron chi connectivity index (χ3n) is 2.69. The fourth-order valence-corrected chi connectivity index (χ4v) is 1.73. The molecule has 0 spiro atoms. The maximum absolute atomic E-state index is 12.8. The van der Waals surface area contributed by atoms with E-state index in [0.717, 1.165) is 0 Å². The molecule has 6 heteroatoms. The molecule has 0 aliphatic carbocycles. The minimum absolute atomic E-state index is 0.157. The molecule has 1 rings (SSSR count). The topological polar surface area (TPSA) is 59.0 Å². The largest absolute Gasteiger partial charge is 0.481 e. The van der Waals surface area contributed by atoms with Crippen LogP contribution in [0.1, 0.15) is 6.92 Å². The summed E-state index contributed by atoms with van der Waals surface area (Å²) in [5.74, 6) is -0.223. The quantitative estimate of drug-likeness (QED) is 0.814. The Bertz CT molecular complexity index is 424. The van der Waals surface area contributed by atoms with Crippen LogP contribution in [0.25, 0.3) is 0 Å². The molecule has 0 heterocycles. The van der Waals surface area contributed by atoms with Gasteiger partial charge in [0.2, 0.25) is 0 Å². The summed E-state index contributed by atoms with van der Waals surface area (Å²) in [5, 5.41) is 9.57. The van der Waals surface area contributed by atoms with Gasteiger partial charge in [0.05, 0.1) is 12.7 Å². The summed E-state index contributed by atoms with van der Waals surface area (Å²) in [6, 6.07) is 5.44. The van der Waals surface area contributed by atoms with Crippen molar-refractivity contribution in [2.24, 2.45) is 0 Å². The average molecular weight is 285 g/mol. The van der Waals surface area contributed by atoms with Crippen molar-refractivity contribution in [1.82, 2.24) is 4.90 Å². The van der Waals surface area contributed by atoms with Gasteiger partial charge in [-0.2, -0.15) is 0 Å². The molecule has 0 saturated heterocycles. The fraction of sp³-hybridized carbons (Fsp3) is 0.500. The van der Waals surface area contributed by atoms with Gasteiger partial charge in [-0.05, 0) is 31.2 Å². The maximum Gasteiger partial charge on any atom is 0.263 e. The van der Waals surface area contributed by atoms with Crippen molar-refractivity contribution in [3.63, 3.8) is 0 Å². The molecule has 1 N–H and O–H groups in total. The highest BCUT2D eigenvalue weighted by Gasteiger charge is 2.21. The lowest BCUT2D eigenvalue weighted by molar-refractivity contribution is -0.138. The van der Waals surface area contributed by atoms with E-state index in [-0.39, 0.29) is 24.9 Å². The molecule has 20 heavy (non-hydrogen) atoms. The second kappa shape index (κ2) is 7.81. The summed E-state index contributed by atoms with van der Waals surface area (Å²) >= 11 is 0. The highest BCUT2D eigenvalue weighted by Crippen LogP contribution is 2.13. The molecule has 1 aromatic carbocycles. The number of carbonyl (C=O) groups is 1. The van der Waals surface area contributed by atoms with E-state index in [1.165, 1.54) is 36.3 Å². The molecule has 0 bridgehead atoms. The van der Waals surface area contributed by atoms with E-state index in [4.69, 9.17) is 9.47 Å². The molecule has 0 radical (unpaired) electrons. The van der Waals surface area contributed by atoms with Crippen LogP contribution in [0, 0.1) is 5.82 Å². The Labute approximate surface area is 117 Å². The van der Waals surface area contributed by atoms with Crippen molar-refractivity contribution in [1.29, 1.82) is 0 Å². The second-order valence-electron chi connectivity index (χ2n) is 4.54. The predicted octanol–water partition coefficient (Wildman–Crippen LogP) is 1.06. The van der Waals surface area contributed by atoms with Gasteiger partial charge < -0.3 is 19.5 Å². The zero-order valence-corrected chi connectivity index (χ0v) is 11.9. The minimum Gasteiger partial charge on any atom is -0.481 e. The summed E-state index contributed by atoms with van der Waals surface area (Å²) in [7, 11) is 3.05. The van der Waals surface area contributed by atoms with Gasteiger partial charge in [0.1, 0.15) is 11.6 Å². The van der Waals surface area contributed by atoms with E-state index < -0.39 is 12.2 Å². The number of carbonyl (C=O) groups excluding carboxylic acids is 1. The predicted molar refractivity (Wildman–Crippen MR) is 72.0 cm³/mol. The number of amides is 1. The molecule has 0 aromatic heterocycles. The Kier molecular flexibility index (Phi) is 6.41. The van der Waals surface area contributed by atoms with Crippen LogP contribution in [0.5, 0.6) is 5.75 Å². The fourth-order valence-electron chi connectivity index (χ4n) is 1.73. The van der Waals surface area contributed by atoms with Gasteiger partial charge in [-0.15, -0.1) is 0 Å². The number of hydrogen-bond donors (Lipinski definition) is 1. The van der Waals surface area contributed by atoms with Crippen molar-refractivity contribution in [2.75, 3.05) is 27.3 Å². The molecule has 2 unspecified atom stereocenters. The Balaban J connectivity index is 2.51. The van der Waals surface area contributed by atoms with Crippen molar-refractivity contribution in [3.05, 3.63) is 30.1 Å². The second-order valence-corrected chi connectivity index (χ2v) is 4.54. The van der Waals surface area contributed by atoms with E-state index in [0.29, 0.717) is 5.75 Å². The lowest BCUT2D eigenvalue weighted by Gasteiger charge is -2.24. The first-order chi connectivity index (χ1) is 9.43. The third-order valence-corrected chi connectivity index (χ3v) is 2.69. The van der Waals surface area contributed by atoms with Crippen molar-refractivity contribution >= 4 is 5.91 Å². The summed E-state index contributed by atoms with van der Waals surface area (Å²) in [6.07, 6.45) is -1.47. The van der Waals surface area contributed by atoms with Gasteiger partial charge >= 0.3 is 0 Å². The zero-order valence-electron chi connectivity index (χ0n) is 11.9. The third kappa shape index (κ3) is 5.14. The molecule has 0 aliphatic heterocycles. The number of methoxy groups -OCH3 is 1. The molecule has 1 amide bonds. The SMILES string of the molecule is COCC(O)CN(C)C(=O)C(C)Oc1ccc(F)cc1. The van der Waals surface area contributed by atoms with Crippen molar-refractivity contribution in [2.45, 2.75) is 19.1 Å². The van der Waals surface area contributed by atoms with Crippen LogP contribution in [0.15, 0.2) is 24.3 Å².